The van der Waals surface area contributed by atoms with E-state index in [1.165, 1.54) is 10.8 Å². The van der Waals surface area contributed by atoms with Crippen molar-refractivity contribution in [2.75, 3.05) is 0 Å². The third kappa shape index (κ3) is 2.94. The zero-order valence-corrected chi connectivity index (χ0v) is 13.3. The molecule has 0 unspecified atom stereocenters. The van der Waals surface area contributed by atoms with Gasteiger partial charge in [-0.15, -0.1) is 11.3 Å². The van der Waals surface area contributed by atoms with Crippen molar-refractivity contribution in [3.63, 3.8) is 0 Å². The number of carboxylic acid groups (broad SMARTS) is 1. The summed E-state index contributed by atoms with van der Waals surface area (Å²) in [6.07, 6.45) is 0. The first-order valence-electron chi connectivity index (χ1n) is 6.26. The number of benzene rings is 2. The molecular weight excluding hydrogens is 352 g/mol. The quantitative estimate of drug-likeness (QED) is 0.714. The van der Waals surface area contributed by atoms with Gasteiger partial charge in [-0.05, 0) is 35.0 Å². The summed E-state index contributed by atoms with van der Waals surface area (Å²) in [5.74, 6) is -0.625. The van der Waals surface area contributed by atoms with Crippen LogP contribution >= 0.6 is 27.3 Å². The van der Waals surface area contributed by atoms with Gasteiger partial charge in [-0.1, -0.05) is 34.1 Å². The molecule has 0 aliphatic rings. The lowest BCUT2D eigenvalue weighted by atomic mass is 10.2. The van der Waals surface area contributed by atoms with Gasteiger partial charge in [-0.2, -0.15) is 0 Å². The number of ether oxygens (including phenoxy) is 1. The molecule has 0 bridgehead atoms. The van der Waals surface area contributed by atoms with Crippen molar-refractivity contribution >= 4 is 43.3 Å². The topological polar surface area (TPSA) is 46.5 Å². The number of hydrogen-bond acceptors (Lipinski definition) is 3. The fraction of sp³-hybridized carbons (Fsp3) is 0.0625. The highest BCUT2D eigenvalue weighted by atomic mass is 79.9. The smallest absolute Gasteiger partial charge is 0.339 e. The largest absolute Gasteiger partial charge is 0.488 e. The van der Waals surface area contributed by atoms with Crippen molar-refractivity contribution in [1.82, 2.24) is 0 Å². The van der Waals surface area contributed by atoms with E-state index in [0.29, 0.717) is 12.4 Å². The minimum Gasteiger partial charge on any atom is -0.488 e. The second-order valence-electron chi connectivity index (χ2n) is 4.49. The van der Waals surface area contributed by atoms with Crippen molar-refractivity contribution < 1.29 is 14.6 Å². The molecule has 1 heterocycles. The van der Waals surface area contributed by atoms with Crippen LogP contribution in [0.5, 0.6) is 5.75 Å². The lowest BCUT2D eigenvalue weighted by molar-refractivity contribution is 0.0692. The first-order chi connectivity index (χ1) is 10.1. The molecule has 0 spiro atoms. The summed E-state index contributed by atoms with van der Waals surface area (Å²) in [6, 6.07) is 13.0. The molecule has 5 heteroatoms. The van der Waals surface area contributed by atoms with Crippen LogP contribution in [0.1, 0.15) is 15.9 Å². The Balaban J connectivity index is 1.88. The summed E-state index contributed by atoms with van der Waals surface area (Å²) in [6.45, 7) is 0.348. The minimum atomic E-state index is -0.993. The van der Waals surface area contributed by atoms with Crippen LogP contribution in [-0.2, 0) is 6.61 Å². The maximum absolute atomic E-state index is 11.2. The molecule has 0 aliphatic heterocycles. The molecule has 0 saturated heterocycles. The van der Waals surface area contributed by atoms with E-state index >= 15 is 0 Å². The van der Waals surface area contributed by atoms with Crippen molar-refractivity contribution in [3.05, 3.63) is 63.4 Å². The summed E-state index contributed by atoms with van der Waals surface area (Å²) in [5.41, 5.74) is 1.23. The number of rotatable bonds is 4. The Morgan fingerprint density at radius 1 is 1.24 bits per heavy atom. The van der Waals surface area contributed by atoms with Crippen molar-refractivity contribution in [1.29, 1.82) is 0 Å². The van der Waals surface area contributed by atoms with E-state index in [1.807, 2.05) is 23.6 Å². The third-order valence-electron chi connectivity index (χ3n) is 3.12. The number of aromatic carboxylic acids is 1. The summed E-state index contributed by atoms with van der Waals surface area (Å²) < 4.78 is 7.72. The van der Waals surface area contributed by atoms with Crippen LogP contribution in [0.25, 0.3) is 10.1 Å². The molecule has 0 saturated carbocycles. The fourth-order valence-corrected chi connectivity index (χ4v) is 3.38. The van der Waals surface area contributed by atoms with E-state index < -0.39 is 5.97 Å². The first kappa shape index (κ1) is 14.1. The van der Waals surface area contributed by atoms with Crippen molar-refractivity contribution in [3.8, 4) is 5.75 Å². The number of halogens is 1. The molecule has 1 aromatic heterocycles. The minimum absolute atomic E-state index is 0.165. The Labute approximate surface area is 133 Å². The van der Waals surface area contributed by atoms with Crippen LogP contribution in [-0.4, -0.2) is 11.1 Å². The molecule has 3 aromatic rings. The monoisotopic (exact) mass is 362 g/mol. The molecule has 3 nitrogen and oxygen atoms in total. The molecule has 3 rings (SSSR count). The van der Waals surface area contributed by atoms with Gasteiger partial charge in [0, 0.05) is 14.7 Å². The Bertz CT molecular complexity index is 810. The molecule has 21 heavy (non-hydrogen) atoms. The van der Waals surface area contributed by atoms with Crippen LogP contribution in [0.4, 0.5) is 0 Å². The van der Waals surface area contributed by atoms with E-state index in [0.717, 1.165) is 15.4 Å². The Morgan fingerprint density at radius 2 is 2.05 bits per heavy atom. The maximum atomic E-state index is 11.2. The van der Waals surface area contributed by atoms with Crippen LogP contribution < -0.4 is 4.74 Å². The second-order valence-corrected chi connectivity index (χ2v) is 6.32. The number of hydrogen-bond donors (Lipinski definition) is 1. The van der Waals surface area contributed by atoms with E-state index in [9.17, 15) is 9.90 Å². The van der Waals surface area contributed by atoms with Gasteiger partial charge in [-0.25, -0.2) is 4.79 Å². The van der Waals surface area contributed by atoms with Gasteiger partial charge in [-0.3, -0.25) is 0 Å². The van der Waals surface area contributed by atoms with Crippen molar-refractivity contribution in [2.45, 2.75) is 6.61 Å². The van der Waals surface area contributed by atoms with E-state index in [2.05, 4.69) is 22.0 Å². The normalized spacial score (nSPS) is 10.7. The van der Waals surface area contributed by atoms with Gasteiger partial charge in [0.25, 0.3) is 0 Å². The first-order valence-corrected chi connectivity index (χ1v) is 7.93. The number of carboxylic acids is 1. The predicted molar refractivity (Wildman–Crippen MR) is 87.3 cm³/mol. The Hall–Kier alpha value is -1.85. The van der Waals surface area contributed by atoms with Gasteiger partial charge in [0.15, 0.2) is 0 Å². The maximum Gasteiger partial charge on any atom is 0.339 e. The standard InChI is InChI=1S/C16H11BrO3S/c17-11-5-6-13(16(18)19)14(7-11)20-8-10-9-21-15-4-2-1-3-12(10)15/h1-7,9H,8H2,(H,18,19). The van der Waals surface area contributed by atoms with E-state index in [-0.39, 0.29) is 5.56 Å². The van der Waals surface area contributed by atoms with E-state index in [4.69, 9.17) is 4.74 Å². The number of fused-ring (bicyclic) bond motifs is 1. The summed E-state index contributed by atoms with van der Waals surface area (Å²) in [5, 5.41) is 12.4. The number of carbonyl (C=O) groups is 1. The molecule has 106 valence electrons. The number of thiophene rings is 1. The lowest BCUT2D eigenvalue weighted by Gasteiger charge is -2.09. The van der Waals surface area contributed by atoms with Crippen LogP contribution in [0, 0.1) is 0 Å². The summed E-state index contributed by atoms with van der Waals surface area (Å²) in [4.78, 5) is 11.2. The van der Waals surface area contributed by atoms with Gasteiger partial charge in [0.1, 0.15) is 17.9 Å². The second kappa shape index (κ2) is 5.87. The SMILES string of the molecule is O=C(O)c1ccc(Br)cc1OCc1csc2ccccc12. The molecule has 2 aromatic carbocycles. The highest BCUT2D eigenvalue weighted by Crippen LogP contribution is 2.29. The average Bonchev–Trinajstić information content (AvgIpc) is 2.88. The van der Waals surface area contributed by atoms with Crippen LogP contribution in [0.3, 0.4) is 0 Å². The Morgan fingerprint density at radius 3 is 2.86 bits per heavy atom. The molecule has 0 atom stereocenters. The zero-order chi connectivity index (χ0) is 14.8. The zero-order valence-electron chi connectivity index (χ0n) is 10.9. The molecule has 0 aliphatic carbocycles. The van der Waals surface area contributed by atoms with Crippen LogP contribution in [0.2, 0.25) is 0 Å². The van der Waals surface area contributed by atoms with Gasteiger partial charge < -0.3 is 9.84 Å². The van der Waals surface area contributed by atoms with Gasteiger partial charge >= 0.3 is 5.97 Å². The molecule has 0 amide bonds. The lowest BCUT2D eigenvalue weighted by Crippen LogP contribution is -2.03. The van der Waals surface area contributed by atoms with Gasteiger partial charge in [0.2, 0.25) is 0 Å². The highest BCUT2D eigenvalue weighted by molar-refractivity contribution is 9.10. The highest BCUT2D eigenvalue weighted by Gasteiger charge is 2.12. The fourth-order valence-electron chi connectivity index (χ4n) is 2.09. The predicted octanol–water partition coefficient (Wildman–Crippen LogP) is 4.94. The average molecular weight is 363 g/mol. The van der Waals surface area contributed by atoms with Crippen molar-refractivity contribution in [2.24, 2.45) is 0 Å². The molecule has 0 radical (unpaired) electrons. The Kier molecular flexibility index (Phi) is 3.94. The molecule has 1 N–H and O–H groups in total. The summed E-state index contributed by atoms with van der Waals surface area (Å²) in [7, 11) is 0. The molecular formula is C16H11BrO3S. The van der Waals surface area contributed by atoms with E-state index in [1.54, 1.807) is 23.5 Å². The van der Waals surface area contributed by atoms with Gasteiger partial charge in [0.05, 0.1) is 0 Å². The third-order valence-corrected chi connectivity index (χ3v) is 4.62. The summed E-state index contributed by atoms with van der Waals surface area (Å²) >= 11 is 4.99. The molecule has 0 fully saturated rings. The van der Waals surface area contributed by atoms with Crippen LogP contribution in [0.15, 0.2) is 52.3 Å².